The number of aryl methyl sites for hydroxylation is 1. The van der Waals surface area contributed by atoms with Gasteiger partial charge in [0, 0.05) is 10.9 Å². The Morgan fingerprint density at radius 2 is 1.88 bits per heavy atom. The molecule has 0 aromatic heterocycles. The Hall–Kier alpha value is -1.23. The van der Waals surface area contributed by atoms with Crippen molar-refractivity contribution in [2.45, 2.75) is 12.8 Å². The molecule has 5 heteroatoms. The highest BCUT2D eigenvalue weighted by molar-refractivity contribution is 9.10. The van der Waals surface area contributed by atoms with E-state index in [9.17, 15) is 4.79 Å². The first-order valence-electron chi connectivity index (χ1n) is 4.70. The lowest BCUT2D eigenvalue weighted by atomic mass is 10.1. The molecule has 1 aromatic carbocycles. The van der Waals surface area contributed by atoms with Crippen molar-refractivity contribution in [3.05, 3.63) is 22.2 Å². The Morgan fingerprint density at radius 1 is 1.31 bits per heavy atom. The summed E-state index contributed by atoms with van der Waals surface area (Å²) in [5.74, 6) is 0.404. The summed E-state index contributed by atoms with van der Waals surface area (Å²) in [4.78, 5) is 10.5. The Bertz CT molecular complexity index is 390. The van der Waals surface area contributed by atoms with Crippen molar-refractivity contribution in [3.8, 4) is 11.5 Å². The van der Waals surface area contributed by atoms with Gasteiger partial charge in [0.15, 0.2) is 11.5 Å². The van der Waals surface area contributed by atoms with E-state index in [1.807, 2.05) is 0 Å². The number of methoxy groups -OCH3 is 2. The van der Waals surface area contributed by atoms with Gasteiger partial charge in [0.1, 0.15) is 0 Å². The molecule has 88 valence electrons. The van der Waals surface area contributed by atoms with Crippen LogP contribution in [0.3, 0.4) is 0 Å². The van der Waals surface area contributed by atoms with Crippen molar-refractivity contribution >= 4 is 21.9 Å². The fourth-order valence-corrected chi connectivity index (χ4v) is 1.85. The number of carbonyl (C=O) groups is 1. The first kappa shape index (κ1) is 12.8. The molecule has 0 aliphatic heterocycles. The van der Waals surface area contributed by atoms with Gasteiger partial charge in [0.05, 0.1) is 14.2 Å². The molecule has 0 aliphatic rings. The number of rotatable bonds is 5. The minimum absolute atomic E-state index is 0.0914. The first-order chi connectivity index (χ1) is 7.58. The lowest BCUT2D eigenvalue weighted by Gasteiger charge is -2.11. The van der Waals surface area contributed by atoms with Crippen LogP contribution in [0, 0.1) is 0 Å². The highest BCUT2D eigenvalue weighted by Crippen LogP contribution is 2.33. The third kappa shape index (κ3) is 3.13. The summed E-state index contributed by atoms with van der Waals surface area (Å²) in [6, 6.07) is 3.56. The Balaban J connectivity index is 2.96. The molecule has 0 aliphatic carbocycles. The fourth-order valence-electron chi connectivity index (χ4n) is 1.33. The van der Waals surface area contributed by atoms with Crippen molar-refractivity contribution in [1.82, 2.24) is 0 Å². The van der Waals surface area contributed by atoms with Gasteiger partial charge in [0.25, 0.3) is 0 Å². The normalized spacial score (nSPS) is 9.94. The molecule has 0 saturated heterocycles. The molecule has 0 heterocycles. The van der Waals surface area contributed by atoms with E-state index in [2.05, 4.69) is 15.9 Å². The molecule has 0 amide bonds. The molecule has 0 unspecified atom stereocenters. The monoisotopic (exact) mass is 288 g/mol. The molecule has 0 radical (unpaired) electrons. The number of ether oxygens (including phenoxy) is 2. The highest BCUT2D eigenvalue weighted by Gasteiger charge is 2.10. The maximum Gasteiger partial charge on any atom is 0.303 e. The molecule has 1 N–H and O–H groups in total. The van der Waals surface area contributed by atoms with Gasteiger partial charge in [0.2, 0.25) is 0 Å². The Kier molecular flexibility index (Phi) is 4.61. The lowest BCUT2D eigenvalue weighted by molar-refractivity contribution is -0.136. The number of aliphatic carboxylic acids is 1. The van der Waals surface area contributed by atoms with Crippen LogP contribution >= 0.6 is 15.9 Å². The molecular weight excluding hydrogens is 276 g/mol. The molecule has 0 fully saturated rings. The number of carboxylic acids is 1. The second kappa shape index (κ2) is 5.75. The zero-order valence-corrected chi connectivity index (χ0v) is 10.7. The zero-order chi connectivity index (χ0) is 12.1. The van der Waals surface area contributed by atoms with E-state index in [4.69, 9.17) is 14.6 Å². The number of carboxylic acid groups (broad SMARTS) is 1. The van der Waals surface area contributed by atoms with Crippen molar-refractivity contribution in [3.63, 3.8) is 0 Å². The van der Waals surface area contributed by atoms with Crippen LogP contribution in [-0.4, -0.2) is 25.3 Å². The summed E-state index contributed by atoms with van der Waals surface area (Å²) in [6.07, 6.45) is 0.546. The number of hydrogen-bond acceptors (Lipinski definition) is 3. The molecule has 0 atom stereocenters. The molecule has 0 bridgehead atoms. The summed E-state index contributed by atoms with van der Waals surface area (Å²) in [5.41, 5.74) is 0.889. The van der Waals surface area contributed by atoms with Gasteiger partial charge in [-0.2, -0.15) is 0 Å². The summed E-state index contributed by atoms with van der Waals surface area (Å²) in [5, 5.41) is 8.62. The molecule has 1 rings (SSSR count). The van der Waals surface area contributed by atoms with E-state index >= 15 is 0 Å². The minimum Gasteiger partial charge on any atom is -0.493 e. The van der Waals surface area contributed by atoms with Gasteiger partial charge < -0.3 is 14.6 Å². The topological polar surface area (TPSA) is 55.8 Å². The van der Waals surface area contributed by atoms with E-state index < -0.39 is 5.97 Å². The maximum atomic E-state index is 10.5. The third-order valence-electron chi connectivity index (χ3n) is 2.16. The molecular formula is C11H13BrO4. The first-order valence-corrected chi connectivity index (χ1v) is 5.50. The van der Waals surface area contributed by atoms with E-state index in [1.54, 1.807) is 26.4 Å². The van der Waals surface area contributed by atoms with Crippen LogP contribution in [0.15, 0.2) is 16.6 Å². The van der Waals surface area contributed by atoms with Crippen molar-refractivity contribution < 1.29 is 19.4 Å². The van der Waals surface area contributed by atoms with Crippen LogP contribution in [0.5, 0.6) is 11.5 Å². The van der Waals surface area contributed by atoms with Gasteiger partial charge in [-0.1, -0.05) is 15.9 Å². The molecule has 0 saturated carbocycles. The van der Waals surface area contributed by atoms with Crippen molar-refractivity contribution in [1.29, 1.82) is 0 Å². The van der Waals surface area contributed by atoms with E-state index in [0.29, 0.717) is 17.9 Å². The number of hydrogen-bond donors (Lipinski definition) is 1. The average Bonchev–Trinajstić information content (AvgIpc) is 2.26. The van der Waals surface area contributed by atoms with Crippen LogP contribution in [0.2, 0.25) is 0 Å². The van der Waals surface area contributed by atoms with Gasteiger partial charge in [-0.15, -0.1) is 0 Å². The molecule has 1 aromatic rings. The predicted molar refractivity (Wildman–Crippen MR) is 63.2 cm³/mol. The van der Waals surface area contributed by atoms with E-state index in [0.717, 1.165) is 10.0 Å². The molecule has 16 heavy (non-hydrogen) atoms. The Morgan fingerprint density at radius 3 is 2.38 bits per heavy atom. The van der Waals surface area contributed by atoms with Crippen LogP contribution in [0.1, 0.15) is 12.0 Å². The van der Waals surface area contributed by atoms with E-state index in [1.165, 1.54) is 0 Å². The third-order valence-corrected chi connectivity index (χ3v) is 2.90. The number of benzene rings is 1. The molecule has 0 spiro atoms. The average molecular weight is 289 g/mol. The van der Waals surface area contributed by atoms with Gasteiger partial charge in [-0.3, -0.25) is 4.79 Å². The maximum absolute atomic E-state index is 10.5. The van der Waals surface area contributed by atoms with Gasteiger partial charge in [-0.25, -0.2) is 0 Å². The SMILES string of the molecule is COc1cc(Br)c(CCC(=O)O)cc1OC. The smallest absolute Gasteiger partial charge is 0.303 e. The minimum atomic E-state index is -0.818. The van der Waals surface area contributed by atoms with Crippen LogP contribution in [-0.2, 0) is 11.2 Å². The second-order valence-electron chi connectivity index (χ2n) is 3.19. The lowest BCUT2D eigenvalue weighted by Crippen LogP contribution is -1.99. The summed E-state index contributed by atoms with van der Waals surface area (Å²) in [7, 11) is 3.11. The van der Waals surface area contributed by atoms with Crippen LogP contribution < -0.4 is 9.47 Å². The second-order valence-corrected chi connectivity index (χ2v) is 4.05. The van der Waals surface area contributed by atoms with Crippen LogP contribution in [0.25, 0.3) is 0 Å². The largest absolute Gasteiger partial charge is 0.493 e. The van der Waals surface area contributed by atoms with Gasteiger partial charge in [-0.05, 0) is 24.1 Å². The fraction of sp³-hybridized carbons (Fsp3) is 0.364. The Labute approximate surface area is 102 Å². The molecule has 4 nitrogen and oxygen atoms in total. The summed E-state index contributed by atoms with van der Waals surface area (Å²) in [6.45, 7) is 0. The van der Waals surface area contributed by atoms with Crippen molar-refractivity contribution in [2.75, 3.05) is 14.2 Å². The summed E-state index contributed by atoms with van der Waals surface area (Å²) >= 11 is 3.37. The van der Waals surface area contributed by atoms with E-state index in [-0.39, 0.29) is 6.42 Å². The van der Waals surface area contributed by atoms with Crippen LogP contribution in [0.4, 0.5) is 0 Å². The number of halogens is 1. The van der Waals surface area contributed by atoms with Gasteiger partial charge >= 0.3 is 5.97 Å². The quantitative estimate of drug-likeness (QED) is 0.904. The zero-order valence-electron chi connectivity index (χ0n) is 9.12. The standard InChI is InChI=1S/C11H13BrO4/c1-15-9-5-7(3-4-11(13)14)8(12)6-10(9)16-2/h5-6H,3-4H2,1-2H3,(H,13,14). The van der Waals surface area contributed by atoms with Crippen molar-refractivity contribution in [2.24, 2.45) is 0 Å². The highest BCUT2D eigenvalue weighted by atomic mass is 79.9. The predicted octanol–water partition coefficient (Wildman–Crippen LogP) is 2.48. The summed E-state index contributed by atoms with van der Waals surface area (Å²) < 4.78 is 11.1.